The largest absolute Gasteiger partial charge is 0.441 e. The molecule has 2 N–H and O–H groups in total. The molecule has 3 aromatic rings. The molecule has 0 unspecified atom stereocenters. The summed E-state index contributed by atoms with van der Waals surface area (Å²) in [5.74, 6) is 0.480. The van der Waals surface area contributed by atoms with Crippen LogP contribution < -0.4 is 10.5 Å². The lowest BCUT2D eigenvalue weighted by atomic mass is 10.2. The van der Waals surface area contributed by atoms with Gasteiger partial charge in [-0.15, -0.1) is 0 Å². The van der Waals surface area contributed by atoms with Gasteiger partial charge in [0.2, 0.25) is 5.06 Å². The van der Waals surface area contributed by atoms with Crippen LogP contribution in [0.2, 0.25) is 5.02 Å². The summed E-state index contributed by atoms with van der Waals surface area (Å²) in [6.45, 7) is 0. The highest BCUT2D eigenvalue weighted by molar-refractivity contribution is 7.09. The first-order valence-electron chi connectivity index (χ1n) is 5.32. The van der Waals surface area contributed by atoms with Crippen LogP contribution in [0.1, 0.15) is 0 Å². The van der Waals surface area contributed by atoms with Crippen LogP contribution in [0.15, 0.2) is 42.5 Å². The summed E-state index contributed by atoms with van der Waals surface area (Å²) in [6.07, 6.45) is 0. The van der Waals surface area contributed by atoms with Crippen molar-refractivity contribution in [3.05, 3.63) is 47.5 Å². The minimum atomic E-state index is 0.480. The van der Waals surface area contributed by atoms with Crippen LogP contribution in [0, 0.1) is 0 Å². The molecular weight excluding hydrogens is 268 g/mol. The van der Waals surface area contributed by atoms with Gasteiger partial charge in [-0.2, -0.15) is 4.37 Å². The van der Waals surface area contributed by atoms with E-state index in [0.29, 0.717) is 21.5 Å². The number of rotatable bonds is 2. The van der Waals surface area contributed by atoms with Crippen LogP contribution in [0.5, 0.6) is 10.8 Å². The minimum absolute atomic E-state index is 0.480. The number of hydrogen-bond donors (Lipinski definition) is 1. The summed E-state index contributed by atoms with van der Waals surface area (Å²) in [5.41, 5.74) is 7.28. The van der Waals surface area contributed by atoms with Gasteiger partial charge < -0.3 is 10.5 Å². The molecule has 5 heteroatoms. The third-order valence-electron chi connectivity index (χ3n) is 2.54. The summed E-state index contributed by atoms with van der Waals surface area (Å²) >= 11 is 7.37. The zero-order valence-electron chi connectivity index (χ0n) is 9.26. The van der Waals surface area contributed by atoms with E-state index in [2.05, 4.69) is 4.37 Å². The maximum Gasteiger partial charge on any atom is 0.208 e. The minimum Gasteiger partial charge on any atom is -0.441 e. The van der Waals surface area contributed by atoms with E-state index in [-0.39, 0.29) is 0 Å². The van der Waals surface area contributed by atoms with E-state index < -0.39 is 0 Å². The number of nitrogens with zero attached hydrogens (tertiary/aromatic N) is 1. The summed E-state index contributed by atoms with van der Waals surface area (Å²) in [7, 11) is 0. The van der Waals surface area contributed by atoms with Crippen molar-refractivity contribution < 1.29 is 4.74 Å². The number of anilines is 1. The Kier molecular flexibility index (Phi) is 2.81. The van der Waals surface area contributed by atoms with E-state index in [9.17, 15) is 0 Å². The maximum atomic E-state index is 6.08. The second-order valence-electron chi connectivity index (χ2n) is 3.75. The zero-order valence-corrected chi connectivity index (χ0v) is 10.8. The molecule has 0 amide bonds. The van der Waals surface area contributed by atoms with Gasteiger partial charge in [0.15, 0.2) is 5.75 Å². The smallest absolute Gasteiger partial charge is 0.208 e. The number of ether oxygens (including phenoxy) is 1. The highest BCUT2D eigenvalue weighted by Gasteiger charge is 2.11. The van der Waals surface area contributed by atoms with E-state index >= 15 is 0 Å². The normalized spacial score (nSPS) is 10.7. The molecule has 2 aromatic carbocycles. The van der Waals surface area contributed by atoms with E-state index in [1.54, 1.807) is 18.2 Å². The Hall–Kier alpha value is -1.78. The lowest BCUT2D eigenvalue weighted by Gasteiger charge is -2.07. The topological polar surface area (TPSA) is 48.1 Å². The first-order chi connectivity index (χ1) is 8.75. The van der Waals surface area contributed by atoms with Crippen LogP contribution in [0.25, 0.3) is 10.9 Å². The van der Waals surface area contributed by atoms with Crippen molar-refractivity contribution in [1.82, 2.24) is 4.37 Å². The van der Waals surface area contributed by atoms with Crippen molar-refractivity contribution in [2.24, 2.45) is 0 Å². The van der Waals surface area contributed by atoms with Crippen LogP contribution >= 0.6 is 23.1 Å². The van der Waals surface area contributed by atoms with E-state index in [0.717, 1.165) is 10.9 Å². The molecule has 0 aliphatic heterocycles. The number of hydrogen-bond acceptors (Lipinski definition) is 4. The van der Waals surface area contributed by atoms with Gasteiger partial charge in [-0.3, -0.25) is 0 Å². The van der Waals surface area contributed by atoms with Crippen molar-refractivity contribution in [2.45, 2.75) is 0 Å². The predicted octanol–water partition coefficient (Wildman–Crippen LogP) is 4.32. The lowest BCUT2D eigenvalue weighted by molar-refractivity contribution is 0.504. The fourth-order valence-corrected chi connectivity index (χ4v) is 2.62. The molecule has 18 heavy (non-hydrogen) atoms. The third-order valence-corrected chi connectivity index (χ3v) is 3.60. The SMILES string of the molecule is Nc1cccc(Cl)c1Oc1snc2ccccc12. The first-order valence-corrected chi connectivity index (χ1v) is 6.47. The Morgan fingerprint density at radius 3 is 2.78 bits per heavy atom. The van der Waals surface area contributed by atoms with Crippen LogP contribution in [0.3, 0.4) is 0 Å². The van der Waals surface area contributed by atoms with Crippen molar-refractivity contribution in [2.75, 3.05) is 5.73 Å². The lowest BCUT2D eigenvalue weighted by Crippen LogP contribution is -1.91. The first kappa shape index (κ1) is 11.3. The molecule has 1 aromatic heterocycles. The molecule has 0 bridgehead atoms. The molecule has 0 atom stereocenters. The second kappa shape index (κ2) is 4.48. The van der Waals surface area contributed by atoms with Gasteiger partial charge in [0, 0.05) is 11.5 Å². The summed E-state index contributed by atoms with van der Waals surface area (Å²) in [5, 5.41) is 2.15. The molecule has 3 rings (SSSR count). The number of aromatic nitrogens is 1. The molecular formula is C13H9ClN2OS. The van der Waals surface area contributed by atoms with Crippen LogP contribution in [-0.2, 0) is 0 Å². The summed E-state index contributed by atoms with van der Waals surface area (Å²) < 4.78 is 10.1. The zero-order chi connectivity index (χ0) is 12.5. The monoisotopic (exact) mass is 276 g/mol. The molecule has 0 fully saturated rings. The molecule has 0 aliphatic rings. The van der Waals surface area contributed by atoms with Gasteiger partial charge in [0.1, 0.15) is 0 Å². The summed E-state index contributed by atoms with van der Waals surface area (Å²) in [4.78, 5) is 0. The molecule has 0 saturated carbocycles. The maximum absolute atomic E-state index is 6.08. The highest BCUT2D eigenvalue weighted by Crippen LogP contribution is 2.39. The van der Waals surface area contributed by atoms with Crippen LogP contribution in [-0.4, -0.2) is 4.37 Å². The number of nitrogens with two attached hydrogens (primary N) is 1. The average Bonchev–Trinajstić information content (AvgIpc) is 2.77. The molecule has 3 nitrogen and oxygen atoms in total. The van der Waals surface area contributed by atoms with Crippen molar-refractivity contribution in [3.63, 3.8) is 0 Å². The van der Waals surface area contributed by atoms with Gasteiger partial charge in [-0.05, 0) is 24.3 Å². The second-order valence-corrected chi connectivity index (χ2v) is 4.89. The van der Waals surface area contributed by atoms with Crippen molar-refractivity contribution in [1.29, 1.82) is 0 Å². The third kappa shape index (κ3) is 1.89. The quantitative estimate of drug-likeness (QED) is 0.709. The van der Waals surface area contributed by atoms with Crippen molar-refractivity contribution >= 4 is 39.7 Å². The molecule has 0 saturated heterocycles. The number of halogens is 1. The highest BCUT2D eigenvalue weighted by atomic mass is 35.5. The van der Waals surface area contributed by atoms with E-state index in [1.807, 2.05) is 24.3 Å². The molecule has 0 spiro atoms. The fourth-order valence-electron chi connectivity index (χ4n) is 1.67. The van der Waals surface area contributed by atoms with Gasteiger partial charge >= 0.3 is 0 Å². The Labute approximate surface area is 113 Å². The van der Waals surface area contributed by atoms with Crippen molar-refractivity contribution in [3.8, 4) is 10.8 Å². The van der Waals surface area contributed by atoms with Gasteiger partial charge in [-0.1, -0.05) is 29.8 Å². The summed E-state index contributed by atoms with van der Waals surface area (Å²) in [6, 6.07) is 13.1. The van der Waals surface area contributed by atoms with E-state index in [1.165, 1.54) is 11.5 Å². The molecule has 1 heterocycles. The van der Waals surface area contributed by atoms with Gasteiger partial charge in [0.05, 0.1) is 21.6 Å². The van der Waals surface area contributed by atoms with E-state index in [4.69, 9.17) is 22.1 Å². The Morgan fingerprint density at radius 1 is 1.11 bits per heavy atom. The predicted molar refractivity (Wildman–Crippen MR) is 75.6 cm³/mol. The Balaban J connectivity index is 2.07. The fraction of sp³-hybridized carbons (Fsp3) is 0. The number of nitrogen functional groups attached to an aromatic ring is 1. The standard InChI is InChI=1S/C13H9ClN2OS/c14-9-5-3-6-10(15)12(9)17-13-8-4-1-2-7-11(8)16-18-13/h1-7H,15H2. The van der Waals surface area contributed by atoms with Crippen LogP contribution in [0.4, 0.5) is 5.69 Å². The average molecular weight is 277 g/mol. The number of fused-ring (bicyclic) bond motifs is 1. The Bertz CT molecular complexity index is 691. The van der Waals surface area contributed by atoms with Gasteiger partial charge in [0.25, 0.3) is 0 Å². The Morgan fingerprint density at radius 2 is 1.94 bits per heavy atom. The number of para-hydroxylation sites is 1. The molecule has 0 aliphatic carbocycles. The van der Waals surface area contributed by atoms with Gasteiger partial charge in [-0.25, -0.2) is 0 Å². The molecule has 0 radical (unpaired) electrons. The number of benzene rings is 2. The molecule has 90 valence electrons.